The number of rotatable bonds is 6. The van der Waals surface area contributed by atoms with Crippen LogP contribution in [0.3, 0.4) is 0 Å². The van der Waals surface area contributed by atoms with Crippen molar-refractivity contribution in [2.24, 2.45) is 0 Å². The molecule has 1 aromatic carbocycles. The Morgan fingerprint density at radius 1 is 1.08 bits per heavy atom. The fraction of sp³-hybridized carbons (Fsp3) is 0.421. The summed E-state index contributed by atoms with van der Waals surface area (Å²) >= 11 is 0. The standard InChI is InChI=1S/C19H25NO5/c1-19(2,3)14-11-9-13(10-12-14)17(22)20-15(18(23)25-5)7-6-8-16(21)24-4/h6,8-12,15H,7H2,1-5H3,(H,20,22)/b8-6+/t15-/m1/s1. The van der Waals surface area contributed by atoms with E-state index in [1.54, 1.807) is 12.1 Å². The summed E-state index contributed by atoms with van der Waals surface area (Å²) in [5, 5.41) is 2.62. The number of ether oxygens (including phenoxy) is 2. The van der Waals surface area contributed by atoms with Gasteiger partial charge in [-0.15, -0.1) is 0 Å². The lowest BCUT2D eigenvalue weighted by atomic mass is 9.86. The number of nitrogens with one attached hydrogen (secondary N) is 1. The Morgan fingerprint density at radius 3 is 2.16 bits per heavy atom. The molecule has 0 aliphatic heterocycles. The van der Waals surface area contributed by atoms with Crippen LogP contribution in [0.15, 0.2) is 36.4 Å². The summed E-state index contributed by atoms with van der Waals surface area (Å²) in [5.74, 6) is -1.51. The van der Waals surface area contributed by atoms with Crippen LogP contribution in [0.25, 0.3) is 0 Å². The molecular weight excluding hydrogens is 322 g/mol. The van der Waals surface area contributed by atoms with Gasteiger partial charge >= 0.3 is 11.9 Å². The second-order valence-electron chi connectivity index (χ2n) is 6.54. The van der Waals surface area contributed by atoms with Gasteiger partial charge in [-0.25, -0.2) is 9.59 Å². The van der Waals surface area contributed by atoms with Gasteiger partial charge in [0.05, 0.1) is 14.2 Å². The van der Waals surface area contributed by atoms with Crippen LogP contribution < -0.4 is 5.32 Å². The lowest BCUT2D eigenvalue weighted by Crippen LogP contribution is -2.41. The van der Waals surface area contributed by atoms with E-state index in [4.69, 9.17) is 4.74 Å². The molecule has 1 atom stereocenters. The molecule has 1 N–H and O–H groups in total. The van der Waals surface area contributed by atoms with Crippen molar-refractivity contribution in [3.8, 4) is 0 Å². The van der Waals surface area contributed by atoms with Gasteiger partial charge in [-0.1, -0.05) is 39.0 Å². The molecular formula is C19H25NO5. The van der Waals surface area contributed by atoms with E-state index < -0.39 is 18.0 Å². The predicted octanol–water partition coefficient (Wildman–Crippen LogP) is 2.37. The number of benzene rings is 1. The Morgan fingerprint density at radius 2 is 1.68 bits per heavy atom. The van der Waals surface area contributed by atoms with Gasteiger partial charge in [0, 0.05) is 11.6 Å². The third-order valence-corrected chi connectivity index (χ3v) is 3.63. The number of hydrogen-bond donors (Lipinski definition) is 1. The van der Waals surface area contributed by atoms with Crippen molar-refractivity contribution in [1.82, 2.24) is 5.32 Å². The van der Waals surface area contributed by atoms with E-state index in [2.05, 4.69) is 30.8 Å². The highest BCUT2D eigenvalue weighted by atomic mass is 16.5. The Labute approximate surface area is 148 Å². The average molecular weight is 347 g/mol. The summed E-state index contributed by atoms with van der Waals surface area (Å²) in [7, 11) is 2.50. The molecule has 0 saturated heterocycles. The molecule has 0 spiro atoms. The van der Waals surface area contributed by atoms with Crippen LogP contribution in [0, 0.1) is 0 Å². The Bertz CT molecular complexity index is 641. The number of hydrogen-bond acceptors (Lipinski definition) is 5. The lowest BCUT2D eigenvalue weighted by molar-refractivity contribution is -0.143. The maximum atomic E-state index is 12.4. The molecule has 0 heterocycles. The van der Waals surface area contributed by atoms with Crippen molar-refractivity contribution in [2.75, 3.05) is 14.2 Å². The molecule has 136 valence electrons. The first kappa shape index (κ1) is 20.4. The van der Waals surface area contributed by atoms with Gasteiger partial charge in [-0.3, -0.25) is 4.79 Å². The molecule has 0 saturated carbocycles. The fourth-order valence-electron chi connectivity index (χ4n) is 2.09. The first-order valence-electron chi connectivity index (χ1n) is 7.92. The Balaban J connectivity index is 2.82. The SMILES string of the molecule is COC(=O)/C=C/C[C@@H](NC(=O)c1ccc(C(C)(C)C)cc1)C(=O)OC. The third-order valence-electron chi connectivity index (χ3n) is 3.63. The Kier molecular flexibility index (Phi) is 7.36. The van der Waals surface area contributed by atoms with E-state index in [1.165, 1.54) is 26.4 Å². The molecule has 0 fully saturated rings. The minimum absolute atomic E-state index is 0.0117. The normalized spacial score (nSPS) is 12.5. The quantitative estimate of drug-likeness (QED) is 0.631. The van der Waals surface area contributed by atoms with Crippen molar-refractivity contribution in [1.29, 1.82) is 0 Å². The molecule has 0 unspecified atom stereocenters. The summed E-state index contributed by atoms with van der Waals surface area (Å²) in [6, 6.07) is 6.32. The van der Waals surface area contributed by atoms with Crippen molar-refractivity contribution in [3.63, 3.8) is 0 Å². The van der Waals surface area contributed by atoms with Crippen LogP contribution in [0.5, 0.6) is 0 Å². The van der Waals surface area contributed by atoms with Crippen molar-refractivity contribution in [2.45, 2.75) is 38.6 Å². The molecule has 0 aromatic heterocycles. The van der Waals surface area contributed by atoms with Gasteiger partial charge in [0.1, 0.15) is 6.04 Å². The van der Waals surface area contributed by atoms with E-state index in [1.807, 2.05) is 12.1 Å². The largest absolute Gasteiger partial charge is 0.467 e. The zero-order valence-electron chi connectivity index (χ0n) is 15.3. The maximum Gasteiger partial charge on any atom is 0.330 e. The Hall–Kier alpha value is -2.63. The van der Waals surface area contributed by atoms with E-state index in [0.29, 0.717) is 5.56 Å². The molecule has 25 heavy (non-hydrogen) atoms. The van der Waals surface area contributed by atoms with Gasteiger partial charge in [0.15, 0.2) is 0 Å². The second-order valence-corrected chi connectivity index (χ2v) is 6.54. The van der Waals surface area contributed by atoms with E-state index in [0.717, 1.165) is 5.56 Å². The summed E-state index contributed by atoms with van der Waals surface area (Å²) in [5.41, 5.74) is 1.54. The number of carbonyl (C=O) groups excluding carboxylic acids is 3. The van der Waals surface area contributed by atoms with Gasteiger partial charge in [0.25, 0.3) is 5.91 Å². The average Bonchev–Trinajstić information content (AvgIpc) is 2.59. The van der Waals surface area contributed by atoms with Crippen molar-refractivity contribution >= 4 is 17.8 Å². The van der Waals surface area contributed by atoms with Gasteiger partial charge in [0.2, 0.25) is 0 Å². The van der Waals surface area contributed by atoms with Crippen LogP contribution in [-0.2, 0) is 24.5 Å². The third kappa shape index (κ3) is 6.41. The van der Waals surface area contributed by atoms with Gasteiger partial charge in [-0.2, -0.15) is 0 Å². The zero-order chi connectivity index (χ0) is 19.0. The summed E-state index contributed by atoms with van der Waals surface area (Å²) in [6.07, 6.45) is 2.77. The molecule has 1 rings (SSSR count). The molecule has 0 aliphatic rings. The molecule has 1 amide bonds. The first-order valence-corrected chi connectivity index (χ1v) is 7.92. The smallest absolute Gasteiger partial charge is 0.330 e. The highest BCUT2D eigenvalue weighted by Crippen LogP contribution is 2.22. The number of esters is 2. The minimum Gasteiger partial charge on any atom is -0.467 e. The van der Waals surface area contributed by atoms with Crippen LogP contribution in [0.4, 0.5) is 0 Å². The first-order chi connectivity index (χ1) is 11.7. The van der Waals surface area contributed by atoms with Crippen LogP contribution in [-0.4, -0.2) is 38.1 Å². The maximum absolute atomic E-state index is 12.4. The van der Waals surface area contributed by atoms with E-state index in [-0.39, 0.29) is 17.7 Å². The zero-order valence-corrected chi connectivity index (χ0v) is 15.3. The van der Waals surface area contributed by atoms with Crippen LogP contribution >= 0.6 is 0 Å². The number of methoxy groups -OCH3 is 2. The fourth-order valence-corrected chi connectivity index (χ4v) is 2.09. The monoisotopic (exact) mass is 347 g/mol. The molecule has 6 heteroatoms. The predicted molar refractivity (Wildman–Crippen MR) is 94.2 cm³/mol. The second kappa shape index (κ2) is 9.01. The molecule has 0 bridgehead atoms. The summed E-state index contributed by atoms with van der Waals surface area (Å²) in [6.45, 7) is 6.26. The van der Waals surface area contributed by atoms with Crippen molar-refractivity contribution < 1.29 is 23.9 Å². The van der Waals surface area contributed by atoms with Gasteiger partial charge in [-0.05, 0) is 29.5 Å². The van der Waals surface area contributed by atoms with E-state index >= 15 is 0 Å². The van der Waals surface area contributed by atoms with E-state index in [9.17, 15) is 14.4 Å². The van der Waals surface area contributed by atoms with Crippen molar-refractivity contribution in [3.05, 3.63) is 47.5 Å². The molecule has 1 aromatic rings. The highest BCUT2D eigenvalue weighted by molar-refractivity contribution is 5.96. The van der Waals surface area contributed by atoms with Gasteiger partial charge < -0.3 is 14.8 Å². The molecule has 6 nitrogen and oxygen atoms in total. The molecule has 0 aliphatic carbocycles. The minimum atomic E-state index is -0.888. The highest BCUT2D eigenvalue weighted by Gasteiger charge is 2.21. The number of carbonyl (C=O) groups is 3. The summed E-state index contributed by atoms with van der Waals surface area (Å²) < 4.78 is 9.17. The molecule has 0 radical (unpaired) electrons. The number of amides is 1. The lowest BCUT2D eigenvalue weighted by Gasteiger charge is -2.19. The van der Waals surface area contributed by atoms with Crippen LogP contribution in [0.2, 0.25) is 0 Å². The topological polar surface area (TPSA) is 81.7 Å². The summed E-state index contributed by atoms with van der Waals surface area (Å²) in [4.78, 5) is 35.3. The van der Waals surface area contributed by atoms with Crippen LogP contribution in [0.1, 0.15) is 43.1 Å².